The third-order valence-corrected chi connectivity index (χ3v) is 3.32. The SMILES string of the molecule is CCc1ccc(CN(C)Cc2ccc(N)cc2)cc1. The Kier molecular flexibility index (Phi) is 4.58. The molecule has 0 spiro atoms. The standard InChI is InChI=1S/C17H22N2/c1-3-14-4-6-15(7-5-14)12-19(2)13-16-8-10-17(18)11-9-16/h4-11H,3,12-13,18H2,1-2H3. The molecule has 100 valence electrons. The van der Waals surface area contributed by atoms with E-state index in [1.165, 1.54) is 16.7 Å². The molecule has 0 radical (unpaired) electrons. The Labute approximate surface area is 115 Å². The molecule has 0 aliphatic heterocycles. The van der Waals surface area contributed by atoms with Crippen molar-refractivity contribution in [1.82, 2.24) is 4.90 Å². The van der Waals surface area contributed by atoms with Gasteiger partial charge < -0.3 is 5.73 Å². The van der Waals surface area contributed by atoms with Gasteiger partial charge in [0.2, 0.25) is 0 Å². The van der Waals surface area contributed by atoms with Crippen molar-refractivity contribution in [3.8, 4) is 0 Å². The molecule has 0 saturated heterocycles. The number of anilines is 1. The smallest absolute Gasteiger partial charge is 0.0314 e. The van der Waals surface area contributed by atoms with Crippen molar-refractivity contribution in [2.24, 2.45) is 0 Å². The molecule has 2 aromatic rings. The maximum atomic E-state index is 5.69. The highest BCUT2D eigenvalue weighted by atomic mass is 15.1. The second kappa shape index (κ2) is 6.39. The van der Waals surface area contributed by atoms with Gasteiger partial charge in [0.25, 0.3) is 0 Å². The summed E-state index contributed by atoms with van der Waals surface area (Å²) in [5.41, 5.74) is 10.6. The quantitative estimate of drug-likeness (QED) is 0.828. The van der Waals surface area contributed by atoms with Gasteiger partial charge >= 0.3 is 0 Å². The van der Waals surface area contributed by atoms with Crippen LogP contribution in [0, 0.1) is 0 Å². The van der Waals surface area contributed by atoms with Gasteiger partial charge in [0.05, 0.1) is 0 Å². The van der Waals surface area contributed by atoms with Crippen LogP contribution < -0.4 is 5.73 Å². The zero-order valence-corrected chi connectivity index (χ0v) is 11.8. The van der Waals surface area contributed by atoms with E-state index in [2.05, 4.69) is 55.3 Å². The van der Waals surface area contributed by atoms with Gasteiger partial charge in [-0.3, -0.25) is 4.90 Å². The molecule has 0 heterocycles. The number of benzene rings is 2. The van der Waals surface area contributed by atoms with E-state index in [9.17, 15) is 0 Å². The molecule has 0 aromatic heterocycles. The lowest BCUT2D eigenvalue weighted by atomic mass is 10.1. The van der Waals surface area contributed by atoms with Crippen LogP contribution in [0.3, 0.4) is 0 Å². The molecule has 0 amide bonds. The number of rotatable bonds is 5. The molecule has 0 aliphatic rings. The summed E-state index contributed by atoms with van der Waals surface area (Å²) in [6.07, 6.45) is 1.10. The minimum atomic E-state index is 0.821. The van der Waals surface area contributed by atoms with Crippen molar-refractivity contribution in [3.05, 3.63) is 65.2 Å². The highest BCUT2D eigenvalue weighted by molar-refractivity contribution is 5.39. The van der Waals surface area contributed by atoms with Crippen molar-refractivity contribution in [2.75, 3.05) is 12.8 Å². The summed E-state index contributed by atoms with van der Waals surface area (Å²) in [4.78, 5) is 2.31. The summed E-state index contributed by atoms with van der Waals surface area (Å²) in [5.74, 6) is 0. The highest BCUT2D eigenvalue weighted by Crippen LogP contribution is 2.11. The van der Waals surface area contributed by atoms with Crippen LogP contribution in [0.5, 0.6) is 0 Å². The first-order valence-corrected chi connectivity index (χ1v) is 6.78. The van der Waals surface area contributed by atoms with Crippen LogP contribution in [0.15, 0.2) is 48.5 Å². The van der Waals surface area contributed by atoms with Gasteiger partial charge in [0.15, 0.2) is 0 Å². The number of aryl methyl sites for hydroxylation is 1. The van der Waals surface area contributed by atoms with Gasteiger partial charge in [-0.2, -0.15) is 0 Å². The molecule has 0 atom stereocenters. The minimum Gasteiger partial charge on any atom is -0.399 e. The lowest BCUT2D eigenvalue weighted by molar-refractivity contribution is 0.319. The number of nitrogens with two attached hydrogens (primary N) is 1. The zero-order valence-electron chi connectivity index (χ0n) is 11.8. The molecule has 0 bridgehead atoms. The molecule has 19 heavy (non-hydrogen) atoms. The average Bonchev–Trinajstić information content (AvgIpc) is 2.42. The molecule has 2 nitrogen and oxygen atoms in total. The molecular formula is C17H22N2. The monoisotopic (exact) mass is 254 g/mol. The van der Waals surface area contributed by atoms with Crippen molar-refractivity contribution in [3.63, 3.8) is 0 Å². The predicted molar refractivity (Wildman–Crippen MR) is 81.8 cm³/mol. The molecule has 2 aromatic carbocycles. The summed E-state index contributed by atoms with van der Waals surface area (Å²) in [5, 5.41) is 0. The highest BCUT2D eigenvalue weighted by Gasteiger charge is 2.02. The van der Waals surface area contributed by atoms with Crippen LogP contribution in [0.2, 0.25) is 0 Å². The van der Waals surface area contributed by atoms with Crippen LogP contribution in [-0.4, -0.2) is 11.9 Å². The third kappa shape index (κ3) is 4.11. The van der Waals surface area contributed by atoms with Crippen LogP contribution in [0.4, 0.5) is 5.69 Å². The average molecular weight is 254 g/mol. The van der Waals surface area contributed by atoms with Crippen LogP contribution in [0.25, 0.3) is 0 Å². The van der Waals surface area contributed by atoms with E-state index in [1.54, 1.807) is 0 Å². The molecular weight excluding hydrogens is 232 g/mol. The molecule has 0 fully saturated rings. The fraction of sp³-hybridized carbons (Fsp3) is 0.294. The second-order valence-corrected chi connectivity index (χ2v) is 5.08. The van der Waals surface area contributed by atoms with Gasteiger partial charge in [-0.05, 0) is 42.3 Å². The van der Waals surface area contributed by atoms with Crippen molar-refractivity contribution in [2.45, 2.75) is 26.4 Å². The van der Waals surface area contributed by atoms with E-state index >= 15 is 0 Å². The Bertz CT molecular complexity index is 500. The number of nitrogens with zero attached hydrogens (tertiary/aromatic N) is 1. The Morgan fingerprint density at radius 2 is 1.21 bits per heavy atom. The normalized spacial score (nSPS) is 10.9. The molecule has 2 heteroatoms. The second-order valence-electron chi connectivity index (χ2n) is 5.08. The lowest BCUT2D eigenvalue weighted by Gasteiger charge is -2.17. The van der Waals surface area contributed by atoms with Crippen LogP contribution >= 0.6 is 0 Å². The largest absolute Gasteiger partial charge is 0.399 e. The fourth-order valence-electron chi connectivity index (χ4n) is 2.18. The first-order chi connectivity index (χ1) is 9.17. The topological polar surface area (TPSA) is 29.3 Å². The molecule has 0 saturated carbocycles. The molecule has 2 N–H and O–H groups in total. The van der Waals surface area contributed by atoms with Gasteiger partial charge in [-0.15, -0.1) is 0 Å². The van der Waals surface area contributed by atoms with E-state index in [-0.39, 0.29) is 0 Å². The van der Waals surface area contributed by atoms with Crippen molar-refractivity contribution >= 4 is 5.69 Å². The fourth-order valence-corrected chi connectivity index (χ4v) is 2.18. The van der Waals surface area contributed by atoms with Gasteiger partial charge in [-0.1, -0.05) is 43.3 Å². The van der Waals surface area contributed by atoms with E-state index in [0.717, 1.165) is 25.2 Å². The van der Waals surface area contributed by atoms with Gasteiger partial charge in [0, 0.05) is 18.8 Å². The summed E-state index contributed by atoms with van der Waals surface area (Å²) >= 11 is 0. The molecule has 0 unspecified atom stereocenters. The zero-order chi connectivity index (χ0) is 13.7. The summed E-state index contributed by atoms with van der Waals surface area (Å²) < 4.78 is 0. The Morgan fingerprint density at radius 3 is 1.68 bits per heavy atom. The van der Waals surface area contributed by atoms with Crippen molar-refractivity contribution < 1.29 is 0 Å². The van der Waals surface area contributed by atoms with E-state index in [4.69, 9.17) is 5.73 Å². The number of hydrogen-bond acceptors (Lipinski definition) is 2. The number of nitrogen functional groups attached to an aromatic ring is 1. The maximum absolute atomic E-state index is 5.69. The maximum Gasteiger partial charge on any atom is 0.0314 e. The third-order valence-electron chi connectivity index (χ3n) is 3.32. The Hall–Kier alpha value is -1.80. The first-order valence-electron chi connectivity index (χ1n) is 6.78. The first kappa shape index (κ1) is 13.6. The van der Waals surface area contributed by atoms with E-state index in [1.807, 2.05) is 12.1 Å². The molecule has 0 aliphatic carbocycles. The molecule has 2 rings (SSSR count). The Morgan fingerprint density at radius 1 is 0.789 bits per heavy atom. The van der Waals surface area contributed by atoms with Crippen LogP contribution in [0.1, 0.15) is 23.6 Å². The summed E-state index contributed by atoms with van der Waals surface area (Å²) in [6.45, 7) is 4.09. The van der Waals surface area contributed by atoms with Gasteiger partial charge in [0.1, 0.15) is 0 Å². The lowest BCUT2D eigenvalue weighted by Crippen LogP contribution is -2.17. The van der Waals surface area contributed by atoms with Gasteiger partial charge in [-0.25, -0.2) is 0 Å². The van der Waals surface area contributed by atoms with E-state index in [0.29, 0.717) is 0 Å². The van der Waals surface area contributed by atoms with Crippen molar-refractivity contribution in [1.29, 1.82) is 0 Å². The number of hydrogen-bond donors (Lipinski definition) is 1. The Balaban J connectivity index is 1.92. The van der Waals surface area contributed by atoms with E-state index < -0.39 is 0 Å². The van der Waals surface area contributed by atoms with Crippen LogP contribution in [-0.2, 0) is 19.5 Å². The summed E-state index contributed by atoms with van der Waals surface area (Å²) in [7, 11) is 2.14. The minimum absolute atomic E-state index is 0.821. The predicted octanol–water partition coefficient (Wildman–Crippen LogP) is 3.46. The summed E-state index contributed by atoms with van der Waals surface area (Å²) in [6, 6.07) is 17.0.